The lowest BCUT2D eigenvalue weighted by Gasteiger charge is -2.56. The zero-order chi connectivity index (χ0) is 15.2. The van der Waals surface area contributed by atoms with Crippen LogP contribution < -0.4 is 10.6 Å². The SMILES string of the molecule is C[C@H](NC(=O)NC12CC3CC(CC(C3)C1)C2)c1ccncc1. The standard InChI is InChI=1S/C18H25N3O/c1-12(16-2-4-19-5-3-16)20-17(22)21-18-9-13-6-14(10-18)8-15(7-13)11-18/h2-5,12-15H,6-11H2,1H3,(H2,20,21,22)/t12-,13?,14?,15?,18?/m0/s1. The van der Waals surface area contributed by atoms with Crippen molar-refractivity contribution in [3.05, 3.63) is 30.1 Å². The molecule has 0 aromatic carbocycles. The molecule has 5 rings (SSSR count). The van der Waals surface area contributed by atoms with Crippen LogP contribution in [-0.4, -0.2) is 16.6 Å². The third-order valence-corrected chi connectivity index (χ3v) is 5.97. The van der Waals surface area contributed by atoms with Gasteiger partial charge in [0.1, 0.15) is 0 Å². The molecule has 22 heavy (non-hydrogen) atoms. The predicted octanol–water partition coefficient (Wildman–Crippen LogP) is 3.41. The topological polar surface area (TPSA) is 54.0 Å². The van der Waals surface area contributed by atoms with Gasteiger partial charge < -0.3 is 10.6 Å². The van der Waals surface area contributed by atoms with Crippen LogP contribution >= 0.6 is 0 Å². The number of rotatable bonds is 3. The Labute approximate surface area is 132 Å². The average molecular weight is 299 g/mol. The van der Waals surface area contributed by atoms with Gasteiger partial charge in [-0.2, -0.15) is 0 Å². The average Bonchev–Trinajstić information content (AvgIpc) is 2.45. The van der Waals surface area contributed by atoms with Crippen LogP contribution in [0, 0.1) is 17.8 Å². The third-order valence-electron chi connectivity index (χ3n) is 5.97. The summed E-state index contributed by atoms with van der Waals surface area (Å²) in [6.45, 7) is 2.02. The van der Waals surface area contributed by atoms with Crippen molar-refractivity contribution in [2.45, 2.75) is 57.0 Å². The highest BCUT2D eigenvalue weighted by Gasteiger charge is 2.51. The Morgan fingerprint density at radius 2 is 1.68 bits per heavy atom. The second-order valence-electron chi connectivity index (χ2n) is 7.80. The van der Waals surface area contributed by atoms with Gasteiger partial charge in [0, 0.05) is 17.9 Å². The number of amides is 2. The molecule has 4 nitrogen and oxygen atoms in total. The minimum absolute atomic E-state index is 0.00809. The van der Waals surface area contributed by atoms with Gasteiger partial charge in [-0.3, -0.25) is 4.98 Å². The van der Waals surface area contributed by atoms with Crippen molar-refractivity contribution in [1.82, 2.24) is 15.6 Å². The van der Waals surface area contributed by atoms with Crippen LogP contribution in [0.2, 0.25) is 0 Å². The van der Waals surface area contributed by atoms with Crippen molar-refractivity contribution >= 4 is 6.03 Å². The Hall–Kier alpha value is -1.58. The number of carbonyl (C=O) groups excluding carboxylic acids is 1. The largest absolute Gasteiger partial charge is 0.333 e. The van der Waals surface area contributed by atoms with E-state index >= 15 is 0 Å². The minimum atomic E-state index is -0.00809. The quantitative estimate of drug-likeness (QED) is 0.898. The molecule has 118 valence electrons. The molecule has 1 atom stereocenters. The number of pyridine rings is 1. The molecule has 2 amide bonds. The molecule has 1 aromatic heterocycles. The maximum Gasteiger partial charge on any atom is 0.315 e. The van der Waals surface area contributed by atoms with E-state index in [4.69, 9.17) is 0 Å². The summed E-state index contributed by atoms with van der Waals surface area (Å²) >= 11 is 0. The first kappa shape index (κ1) is 14.0. The number of hydrogen-bond donors (Lipinski definition) is 2. The fourth-order valence-electron chi connectivity index (χ4n) is 5.47. The van der Waals surface area contributed by atoms with E-state index < -0.39 is 0 Å². The smallest absolute Gasteiger partial charge is 0.315 e. The number of urea groups is 1. The maximum absolute atomic E-state index is 12.5. The Balaban J connectivity index is 1.40. The summed E-state index contributed by atoms with van der Waals surface area (Å²) < 4.78 is 0. The second kappa shape index (κ2) is 5.25. The molecule has 4 saturated carbocycles. The van der Waals surface area contributed by atoms with Gasteiger partial charge in [0.25, 0.3) is 0 Å². The molecule has 2 N–H and O–H groups in total. The van der Waals surface area contributed by atoms with E-state index in [1.54, 1.807) is 12.4 Å². The molecule has 4 heteroatoms. The minimum Gasteiger partial charge on any atom is -0.333 e. The van der Waals surface area contributed by atoms with E-state index in [2.05, 4.69) is 15.6 Å². The third kappa shape index (κ3) is 2.59. The maximum atomic E-state index is 12.5. The van der Waals surface area contributed by atoms with Gasteiger partial charge in [-0.25, -0.2) is 4.79 Å². The highest BCUT2D eigenvalue weighted by Crippen LogP contribution is 2.55. The molecular weight excluding hydrogens is 274 g/mol. The summed E-state index contributed by atoms with van der Waals surface area (Å²) in [5, 5.41) is 6.45. The van der Waals surface area contributed by atoms with E-state index in [0.29, 0.717) is 0 Å². The first-order valence-corrected chi connectivity index (χ1v) is 8.60. The molecule has 0 saturated heterocycles. The summed E-state index contributed by atoms with van der Waals surface area (Å²) in [5.41, 5.74) is 1.17. The first-order valence-electron chi connectivity index (χ1n) is 8.60. The summed E-state index contributed by atoms with van der Waals surface area (Å²) in [6.07, 6.45) is 11.3. The Morgan fingerprint density at radius 1 is 1.14 bits per heavy atom. The summed E-state index contributed by atoms with van der Waals surface area (Å²) in [5.74, 6) is 2.55. The zero-order valence-electron chi connectivity index (χ0n) is 13.2. The fourth-order valence-corrected chi connectivity index (χ4v) is 5.47. The Kier molecular flexibility index (Phi) is 3.35. The van der Waals surface area contributed by atoms with E-state index in [-0.39, 0.29) is 17.6 Å². The van der Waals surface area contributed by atoms with Crippen LogP contribution in [0.4, 0.5) is 4.79 Å². The number of carbonyl (C=O) groups is 1. The van der Waals surface area contributed by atoms with Gasteiger partial charge in [-0.15, -0.1) is 0 Å². The summed E-state index contributed by atoms with van der Waals surface area (Å²) in [6, 6.07) is 3.91. The van der Waals surface area contributed by atoms with Gasteiger partial charge in [0.2, 0.25) is 0 Å². The van der Waals surface area contributed by atoms with Crippen LogP contribution in [0.25, 0.3) is 0 Å². The summed E-state index contributed by atoms with van der Waals surface area (Å²) in [7, 11) is 0. The molecule has 4 bridgehead atoms. The van der Waals surface area contributed by atoms with Crippen LogP contribution in [0.5, 0.6) is 0 Å². The normalized spacial score (nSPS) is 36.9. The highest BCUT2D eigenvalue weighted by molar-refractivity contribution is 5.75. The van der Waals surface area contributed by atoms with Gasteiger partial charge in [-0.1, -0.05) is 0 Å². The lowest BCUT2D eigenvalue weighted by atomic mass is 9.53. The van der Waals surface area contributed by atoms with Crippen LogP contribution in [0.3, 0.4) is 0 Å². The highest BCUT2D eigenvalue weighted by atomic mass is 16.2. The Morgan fingerprint density at radius 3 is 2.23 bits per heavy atom. The van der Waals surface area contributed by atoms with Crippen LogP contribution in [0.15, 0.2) is 24.5 Å². The number of hydrogen-bond acceptors (Lipinski definition) is 2. The first-order chi connectivity index (χ1) is 10.6. The van der Waals surface area contributed by atoms with Gasteiger partial charge in [-0.05, 0) is 80.9 Å². The van der Waals surface area contributed by atoms with Crippen molar-refractivity contribution in [2.24, 2.45) is 17.8 Å². The van der Waals surface area contributed by atoms with Crippen molar-refractivity contribution in [3.63, 3.8) is 0 Å². The van der Waals surface area contributed by atoms with E-state index in [9.17, 15) is 4.79 Å². The molecule has 4 aliphatic rings. The number of aromatic nitrogens is 1. The predicted molar refractivity (Wildman–Crippen MR) is 85.2 cm³/mol. The molecule has 0 aliphatic heterocycles. The lowest BCUT2D eigenvalue weighted by molar-refractivity contribution is -0.0136. The molecule has 4 aliphatic carbocycles. The van der Waals surface area contributed by atoms with Gasteiger partial charge >= 0.3 is 6.03 Å². The van der Waals surface area contributed by atoms with Crippen molar-refractivity contribution in [2.75, 3.05) is 0 Å². The molecular formula is C18H25N3O. The van der Waals surface area contributed by atoms with Gasteiger partial charge in [0.15, 0.2) is 0 Å². The van der Waals surface area contributed by atoms with Crippen LogP contribution in [0.1, 0.15) is 57.1 Å². The molecule has 4 fully saturated rings. The van der Waals surface area contributed by atoms with Crippen molar-refractivity contribution < 1.29 is 4.79 Å². The van der Waals surface area contributed by atoms with Crippen LogP contribution in [-0.2, 0) is 0 Å². The molecule has 0 radical (unpaired) electrons. The molecule has 0 spiro atoms. The van der Waals surface area contributed by atoms with E-state index in [1.165, 1.54) is 38.5 Å². The van der Waals surface area contributed by atoms with Crippen molar-refractivity contribution in [1.29, 1.82) is 0 Å². The number of nitrogens with zero attached hydrogens (tertiary/aromatic N) is 1. The lowest BCUT2D eigenvalue weighted by Crippen LogP contribution is -2.61. The van der Waals surface area contributed by atoms with Gasteiger partial charge in [0.05, 0.1) is 6.04 Å². The van der Waals surface area contributed by atoms with E-state index in [1.807, 2.05) is 19.1 Å². The monoisotopic (exact) mass is 299 g/mol. The molecule has 0 unspecified atom stereocenters. The van der Waals surface area contributed by atoms with E-state index in [0.717, 1.165) is 23.3 Å². The Bertz CT molecular complexity index is 521. The fraction of sp³-hybridized carbons (Fsp3) is 0.667. The molecule has 1 heterocycles. The zero-order valence-corrected chi connectivity index (χ0v) is 13.2. The van der Waals surface area contributed by atoms with Crippen molar-refractivity contribution in [3.8, 4) is 0 Å². The molecule has 1 aromatic rings. The number of nitrogens with one attached hydrogen (secondary N) is 2. The second-order valence-corrected chi connectivity index (χ2v) is 7.80. The summed E-state index contributed by atoms with van der Waals surface area (Å²) in [4.78, 5) is 16.5.